The molecule has 4 nitrogen and oxygen atoms in total. The van der Waals surface area contributed by atoms with Crippen LogP contribution in [0.5, 0.6) is 5.75 Å². The molecule has 0 aliphatic heterocycles. The summed E-state index contributed by atoms with van der Waals surface area (Å²) in [5.74, 6) is -2.07. The second kappa shape index (κ2) is 5.43. The average Bonchev–Trinajstić information content (AvgIpc) is 2.40. The third kappa shape index (κ3) is 3.04. The Bertz CT molecular complexity index is 617. The molecule has 0 aliphatic carbocycles. The van der Waals surface area contributed by atoms with Crippen molar-refractivity contribution < 1.29 is 18.7 Å². The van der Waals surface area contributed by atoms with E-state index in [1.165, 1.54) is 12.3 Å². The molecule has 0 saturated carbocycles. The van der Waals surface area contributed by atoms with Crippen molar-refractivity contribution >= 4 is 5.91 Å². The van der Waals surface area contributed by atoms with Gasteiger partial charge in [0, 0.05) is 18.3 Å². The van der Waals surface area contributed by atoms with Crippen molar-refractivity contribution in [1.29, 1.82) is 0 Å². The van der Waals surface area contributed by atoms with Crippen LogP contribution in [0, 0.1) is 11.6 Å². The van der Waals surface area contributed by atoms with Crippen molar-refractivity contribution in [3.8, 4) is 5.75 Å². The van der Waals surface area contributed by atoms with Crippen LogP contribution in [-0.2, 0) is 6.54 Å². The molecule has 2 N–H and O–H groups in total. The molecule has 0 fully saturated rings. The summed E-state index contributed by atoms with van der Waals surface area (Å²) >= 11 is 0. The summed E-state index contributed by atoms with van der Waals surface area (Å²) in [6.07, 6.45) is 2.47. The van der Waals surface area contributed by atoms with Gasteiger partial charge in [-0.1, -0.05) is 0 Å². The molecule has 6 heteroatoms. The van der Waals surface area contributed by atoms with Crippen molar-refractivity contribution in [2.45, 2.75) is 6.54 Å². The van der Waals surface area contributed by atoms with E-state index in [1.807, 2.05) is 0 Å². The Morgan fingerprint density at radius 1 is 1.32 bits per heavy atom. The first-order valence-corrected chi connectivity index (χ1v) is 5.43. The zero-order valence-corrected chi connectivity index (χ0v) is 9.73. The number of hydrogen-bond acceptors (Lipinski definition) is 3. The van der Waals surface area contributed by atoms with Gasteiger partial charge in [0.05, 0.1) is 11.8 Å². The Morgan fingerprint density at radius 3 is 2.84 bits per heavy atom. The van der Waals surface area contributed by atoms with Crippen LogP contribution in [0.4, 0.5) is 8.78 Å². The average molecular weight is 264 g/mol. The van der Waals surface area contributed by atoms with E-state index >= 15 is 0 Å². The van der Waals surface area contributed by atoms with Gasteiger partial charge in [-0.3, -0.25) is 9.78 Å². The lowest BCUT2D eigenvalue weighted by atomic mass is 10.2. The third-order valence-corrected chi connectivity index (χ3v) is 2.49. The number of carbonyl (C=O) groups is 1. The van der Waals surface area contributed by atoms with Gasteiger partial charge in [-0.05, 0) is 24.3 Å². The molecule has 1 aromatic heterocycles. The van der Waals surface area contributed by atoms with Crippen molar-refractivity contribution in [2.75, 3.05) is 0 Å². The Balaban J connectivity index is 2.09. The molecule has 19 heavy (non-hydrogen) atoms. The molecule has 0 saturated heterocycles. The predicted octanol–water partition coefficient (Wildman–Crippen LogP) is 2.00. The van der Waals surface area contributed by atoms with Gasteiger partial charge in [-0.2, -0.15) is 0 Å². The SMILES string of the molecule is O=C(NCc1cc(F)ccc1F)c1ccncc1O. The first-order chi connectivity index (χ1) is 9.08. The minimum Gasteiger partial charge on any atom is -0.505 e. The lowest BCUT2D eigenvalue weighted by Crippen LogP contribution is -2.23. The van der Waals surface area contributed by atoms with Gasteiger partial charge in [0.15, 0.2) is 0 Å². The number of hydrogen-bond donors (Lipinski definition) is 2. The Hall–Kier alpha value is -2.50. The lowest BCUT2D eigenvalue weighted by molar-refractivity contribution is 0.0947. The molecule has 0 spiro atoms. The van der Waals surface area contributed by atoms with Crippen LogP contribution in [0.25, 0.3) is 0 Å². The minimum atomic E-state index is -0.611. The zero-order valence-electron chi connectivity index (χ0n) is 9.73. The number of pyridine rings is 1. The van der Waals surface area contributed by atoms with E-state index in [0.717, 1.165) is 24.4 Å². The third-order valence-electron chi connectivity index (χ3n) is 2.49. The minimum absolute atomic E-state index is 0.0202. The number of halogens is 2. The highest BCUT2D eigenvalue weighted by Crippen LogP contribution is 2.14. The Kier molecular flexibility index (Phi) is 3.70. The van der Waals surface area contributed by atoms with E-state index in [1.54, 1.807) is 0 Å². The molecule has 2 aromatic rings. The number of carbonyl (C=O) groups excluding carboxylic acids is 1. The van der Waals surface area contributed by atoms with E-state index < -0.39 is 17.5 Å². The molecular formula is C13H10F2N2O2. The highest BCUT2D eigenvalue weighted by atomic mass is 19.1. The number of aromatic hydroxyl groups is 1. The highest BCUT2D eigenvalue weighted by Gasteiger charge is 2.11. The summed E-state index contributed by atoms with van der Waals surface area (Å²) in [6, 6.07) is 4.31. The number of benzene rings is 1. The quantitative estimate of drug-likeness (QED) is 0.891. The van der Waals surface area contributed by atoms with Crippen LogP contribution >= 0.6 is 0 Å². The maximum atomic E-state index is 13.3. The van der Waals surface area contributed by atoms with Crippen LogP contribution in [0.1, 0.15) is 15.9 Å². The predicted molar refractivity (Wildman–Crippen MR) is 63.4 cm³/mol. The topological polar surface area (TPSA) is 62.2 Å². The fourth-order valence-electron chi connectivity index (χ4n) is 1.53. The largest absolute Gasteiger partial charge is 0.505 e. The van der Waals surface area contributed by atoms with Crippen molar-refractivity contribution in [3.63, 3.8) is 0 Å². The molecule has 1 aromatic carbocycles. The maximum absolute atomic E-state index is 13.3. The summed E-state index contributed by atoms with van der Waals surface area (Å²) in [6.45, 7) is -0.176. The number of aromatic nitrogens is 1. The molecular weight excluding hydrogens is 254 g/mol. The fraction of sp³-hybridized carbons (Fsp3) is 0.0769. The molecule has 2 rings (SSSR count). The van der Waals surface area contributed by atoms with Crippen LogP contribution in [0.2, 0.25) is 0 Å². The standard InChI is InChI=1S/C13H10F2N2O2/c14-9-1-2-11(15)8(5-9)6-17-13(19)10-3-4-16-7-12(10)18/h1-5,7,18H,6H2,(H,17,19). The smallest absolute Gasteiger partial charge is 0.255 e. The number of rotatable bonds is 3. The normalized spacial score (nSPS) is 10.2. The van der Waals surface area contributed by atoms with Crippen LogP contribution in [0.3, 0.4) is 0 Å². The number of nitrogens with one attached hydrogen (secondary N) is 1. The van der Waals surface area contributed by atoms with E-state index in [2.05, 4.69) is 10.3 Å². The summed E-state index contributed by atoms with van der Waals surface area (Å²) in [5.41, 5.74) is 0.0497. The zero-order chi connectivity index (χ0) is 13.8. The molecule has 0 radical (unpaired) electrons. The Labute approximate surface area is 107 Å². The van der Waals surface area contributed by atoms with Gasteiger partial charge in [0.1, 0.15) is 17.4 Å². The second-order valence-corrected chi connectivity index (χ2v) is 3.81. The first-order valence-electron chi connectivity index (χ1n) is 5.43. The van der Waals surface area contributed by atoms with Crippen molar-refractivity contribution in [2.24, 2.45) is 0 Å². The summed E-state index contributed by atoms with van der Waals surface area (Å²) < 4.78 is 26.3. The molecule has 1 heterocycles. The van der Waals surface area contributed by atoms with Crippen molar-refractivity contribution in [3.05, 3.63) is 59.4 Å². The molecule has 98 valence electrons. The first kappa shape index (κ1) is 12.9. The molecule has 0 atom stereocenters. The summed E-state index contributed by atoms with van der Waals surface area (Å²) in [7, 11) is 0. The molecule has 0 bridgehead atoms. The molecule has 1 amide bonds. The fourth-order valence-corrected chi connectivity index (χ4v) is 1.53. The van der Waals surface area contributed by atoms with Gasteiger partial charge in [0.2, 0.25) is 0 Å². The van der Waals surface area contributed by atoms with Gasteiger partial charge in [-0.15, -0.1) is 0 Å². The van der Waals surface area contributed by atoms with Gasteiger partial charge >= 0.3 is 0 Å². The summed E-state index contributed by atoms with van der Waals surface area (Å²) in [4.78, 5) is 15.4. The van der Waals surface area contributed by atoms with E-state index in [9.17, 15) is 18.7 Å². The van der Waals surface area contributed by atoms with Gasteiger partial charge < -0.3 is 10.4 Å². The van der Waals surface area contributed by atoms with E-state index in [-0.39, 0.29) is 23.4 Å². The van der Waals surface area contributed by atoms with E-state index in [4.69, 9.17) is 0 Å². The molecule has 0 unspecified atom stereocenters. The van der Waals surface area contributed by atoms with Crippen LogP contribution in [-0.4, -0.2) is 16.0 Å². The van der Waals surface area contributed by atoms with Crippen LogP contribution in [0.15, 0.2) is 36.7 Å². The van der Waals surface area contributed by atoms with Crippen LogP contribution < -0.4 is 5.32 Å². The second-order valence-electron chi connectivity index (χ2n) is 3.81. The maximum Gasteiger partial charge on any atom is 0.255 e. The van der Waals surface area contributed by atoms with Gasteiger partial charge in [-0.25, -0.2) is 8.78 Å². The number of nitrogens with zero attached hydrogens (tertiary/aromatic N) is 1. The Morgan fingerprint density at radius 2 is 2.11 bits per heavy atom. The lowest BCUT2D eigenvalue weighted by Gasteiger charge is -2.07. The monoisotopic (exact) mass is 264 g/mol. The van der Waals surface area contributed by atoms with Crippen molar-refractivity contribution in [1.82, 2.24) is 10.3 Å². The van der Waals surface area contributed by atoms with E-state index in [0.29, 0.717) is 0 Å². The molecule has 0 aliphatic rings. The highest BCUT2D eigenvalue weighted by molar-refractivity contribution is 5.96. The number of amides is 1. The van der Waals surface area contributed by atoms with Gasteiger partial charge in [0.25, 0.3) is 5.91 Å². The summed E-state index contributed by atoms with van der Waals surface area (Å²) in [5, 5.41) is 11.8.